The third-order valence-corrected chi connectivity index (χ3v) is 4.93. The van der Waals surface area contributed by atoms with E-state index >= 15 is 0 Å². The van der Waals surface area contributed by atoms with Crippen molar-refractivity contribution >= 4 is 16.5 Å². The summed E-state index contributed by atoms with van der Waals surface area (Å²) in [6.07, 6.45) is 2.15. The first kappa shape index (κ1) is 14.4. The summed E-state index contributed by atoms with van der Waals surface area (Å²) in [5, 5.41) is 14.8. The Balaban J connectivity index is 1.83. The highest BCUT2D eigenvalue weighted by Gasteiger charge is 2.32. The molecule has 2 aromatic rings. The maximum Gasteiger partial charge on any atom is 0.229 e. The molecule has 0 bridgehead atoms. The Labute approximate surface area is 128 Å². The van der Waals surface area contributed by atoms with Gasteiger partial charge in [0.1, 0.15) is 5.01 Å². The first-order valence-corrected chi connectivity index (χ1v) is 8.31. The molecular formula is C14H21N5OS. The molecule has 3 rings (SSSR count). The SMILES string of the molecule is CC(C)c1nc(C2CCCN2c2nnc(C(C)C)s2)no1. The Morgan fingerprint density at radius 3 is 2.62 bits per heavy atom. The normalized spacial score (nSPS) is 19.1. The monoisotopic (exact) mass is 307 g/mol. The highest BCUT2D eigenvalue weighted by Crippen LogP contribution is 2.37. The van der Waals surface area contributed by atoms with E-state index in [4.69, 9.17) is 4.52 Å². The Kier molecular flexibility index (Phi) is 3.93. The number of nitrogens with zero attached hydrogens (tertiary/aromatic N) is 5. The molecule has 0 saturated carbocycles. The largest absolute Gasteiger partial charge is 0.339 e. The highest BCUT2D eigenvalue weighted by atomic mass is 32.1. The Bertz CT molecular complexity index is 554. The molecule has 1 aliphatic rings. The van der Waals surface area contributed by atoms with Crippen LogP contribution in [0.5, 0.6) is 0 Å². The molecule has 114 valence electrons. The van der Waals surface area contributed by atoms with E-state index in [2.05, 4.69) is 52.9 Å². The van der Waals surface area contributed by atoms with Crippen molar-refractivity contribution in [3.63, 3.8) is 0 Å². The lowest BCUT2D eigenvalue weighted by molar-refractivity contribution is 0.358. The molecule has 0 aliphatic carbocycles. The van der Waals surface area contributed by atoms with E-state index in [1.165, 1.54) is 0 Å². The van der Waals surface area contributed by atoms with Crippen molar-refractivity contribution in [3.05, 3.63) is 16.7 Å². The average molecular weight is 307 g/mol. The van der Waals surface area contributed by atoms with Gasteiger partial charge in [0.05, 0.1) is 6.04 Å². The summed E-state index contributed by atoms with van der Waals surface area (Å²) in [7, 11) is 0. The van der Waals surface area contributed by atoms with Crippen LogP contribution in [0.15, 0.2) is 4.52 Å². The molecule has 0 amide bonds. The van der Waals surface area contributed by atoms with E-state index in [9.17, 15) is 0 Å². The van der Waals surface area contributed by atoms with Crippen LogP contribution >= 0.6 is 11.3 Å². The third-order valence-electron chi connectivity index (χ3n) is 3.67. The van der Waals surface area contributed by atoms with Gasteiger partial charge in [0, 0.05) is 18.4 Å². The van der Waals surface area contributed by atoms with Crippen molar-refractivity contribution in [1.29, 1.82) is 0 Å². The second-order valence-electron chi connectivity index (χ2n) is 6.07. The maximum absolute atomic E-state index is 5.35. The first-order valence-electron chi connectivity index (χ1n) is 7.49. The summed E-state index contributed by atoms with van der Waals surface area (Å²) >= 11 is 1.67. The predicted molar refractivity (Wildman–Crippen MR) is 81.7 cm³/mol. The number of aromatic nitrogens is 4. The van der Waals surface area contributed by atoms with Gasteiger partial charge < -0.3 is 9.42 Å². The van der Waals surface area contributed by atoms with E-state index < -0.39 is 0 Å². The van der Waals surface area contributed by atoms with Crippen LogP contribution in [-0.2, 0) is 0 Å². The van der Waals surface area contributed by atoms with Crippen molar-refractivity contribution in [1.82, 2.24) is 20.3 Å². The minimum Gasteiger partial charge on any atom is -0.339 e. The minimum atomic E-state index is 0.161. The Hall–Kier alpha value is -1.50. The van der Waals surface area contributed by atoms with Crippen molar-refractivity contribution in [2.45, 2.75) is 58.4 Å². The molecule has 0 aromatic carbocycles. The van der Waals surface area contributed by atoms with Crippen molar-refractivity contribution in [2.24, 2.45) is 0 Å². The maximum atomic E-state index is 5.35. The van der Waals surface area contributed by atoms with Crippen LogP contribution in [0.2, 0.25) is 0 Å². The smallest absolute Gasteiger partial charge is 0.229 e. The molecule has 0 radical (unpaired) electrons. The van der Waals surface area contributed by atoms with Crippen molar-refractivity contribution in [2.75, 3.05) is 11.4 Å². The minimum absolute atomic E-state index is 0.161. The summed E-state index contributed by atoms with van der Waals surface area (Å²) in [4.78, 5) is 6.81. The van der Waals surface area contributed by atoms with Gasteiger partial charge in [-0.2, -0.15) is 4.98 Å². The molecule has 7 heteroatoms. The molecule has 3 heterocycles. The van der Waals surface area contributed by atoms with Gasteiger partial charge in [0.2, 0.25) is 11.0 Å². The summed E-state index contributed by atoms with van der Waals surface area (Å²) in [5.41, 5.74) is 0. The molecular weight excluding hydrogens is 286 g/mol. The van der Waals surface area contributed by atoms with E-state index in [1.807, 2.05) is 0 Å². The molecule has 1 aliphatic heterocycles. The van der Waals surface area contributed by atoms with Gasteiger partial charge in [-0.3, -0.25) is 0 Å². The van der Waals surface area contributed by atoms with Gasteiger partial charge >= 0.3 is 0 Å². The lowest BCUT2D eigenvalue weighted by atomic mass is 10.2. The number of rotatable bonds is 4. The van der Waals surface area contributed by atoms with Crippen LogP contribution in [0.25, 0.3) is 0 Å². The van der Waals surface area contributed by atoms with Gasteiger partial charge in [0.15, 0.2) is 5.82 Å². The number of anilines is 1. The number of hydrogen-bond donors (Lipinski definition) is 0. The Morgan fingerprint density at radius 2 is 2.00 bits per heavy atom. The van der Waals surface area contributed by atoms with E-state index in [1.54, 1.807) is 11.3 Å². The van der Waals surface area contributed by atoms with Gasteiger partial charge in [-0.15, -0.1) is 10.2 Å². The quantitative estimate of drug-likeness (QED) is 0.861. The zero-order valence-electron chi connectivity index (χ0n) is 12.9. The second kappa shape index (κ2) is 5.71. The fraction of sp³-hybridized carbons (Fsp3) is 0.714. The van der Waals surface area contributed by atoms with Crippen LogP contribution in [0.3, 0.4) is 0 Å². The van der Waals surface area contributed by atoms with Crippen molar-refractivity contribution in [3.8, 4) is 0 Å². The zero-order chi connectivity index (χ0) is 15.0. The molecule has 0 spiro atoms. The molecule has 0 N–H and O–H groups in total. The fourth-order valence-corrected chi connectivity index (χ4v) is 3.38. The van der Waals surface area contributed by atoms with Crippen LogP contribution in [0.4, 0.5) is 5.13 Å². The molecule has 1 unspecified atom stereocenters. The highest BCUT2D eigenvalue weighted by molar-refractivity contribution is 7.15. The van der Waals surface area contributed by atoms with Crippen molar-refractivity contribution < 1.29 is 4.52 Å². The second-order valence-corrected chi connectivity index (χ2v) is 7.06. The summed E-state index contributed by atoms with van der Waals surface area (Å²) in [6.45, 7) is 9.37. The summed E-state index contributed by atoms with van der Waals surface area (Å²) in [5.74, 6) is 2.15. The average Bonchev–Trinajstić information content (AvgIpc) is 3.17. The molecule has 21 heavy (non-hydrogen) atoms. The van der Waals surface area contributed by atoms with Crippen LogP contribution in [-0.4, -0.2) is 26.9 Å². The van der Waals surface area contributed by atoms with Gasteiger partial charge in [-0.1, -0.05) is 44.2 Å². The van der Waals surface area contributed by atoms with Crippen LogP contribution in [0.1, 0.15) is 75.1 Å². The molecule has 1 fully saturated rings. The third kappa shape index (κ3) is 2.79. The summed E-state index contributed by atoms with van der Waals surface area (Å²) in [6, 6.07) is 0.161. The lowest BCUT2D eigenvalue weighted by Crippen LogP contribution is -2.23. The van der Waals surface area contributed by atoms with Crippen LogP contribution < -0.4 is 4.90 Å². The zero-order valence-corrected chi connectivity index (χ0v) is 13.7. The molecule has 6 nitrogen and oxygen atoms in total. The van der Waals surface area contributed by atoms with Gasteiger partial charge in [-0.25, -0.2) is 0 Å². The van der Waals surface area contributed by atoms with Gasteiger partial charge in [0.25, 0.3) is 0 Å². The van der Waals surface area contributed by atoms with E-state index in [0.717, 1.165) is 35.3 Å². The summed E-state index contributed by atoms with van der Waals surface area (Å²) < 4.78 is 5.35. The molecule has 2 aromatic heterocycles. The van der Waals surface area contributed by atoms with E-state index in [0.29, 0.717) is 11.8 Å². The first-order chi connectivity index (χ1) is 10.1. The predicted octanol–water partition coefficient (Wildman–Crippen LogP) is 3.51. The fourth-order valence-electron chi connectivity index (χ4n) is 2.46. The van der Waals surface area contributed by atoms with Gasteiger partial charge in [-0.05, 0) is 12.8 Å². The topological polar surface area (TPSA) is 67.9 Å². The standard InChI is InChI=1S/C14H21N5OS/c1-8(2)12-15-11(18-20-12)10-6-5-7-19(10)14-17-16-13(21-14)9(3)4/h8-10H,5-7H2,1-4H3. The lowest BCUT2D eigenvalue weighted by Gasteiger charge is -2.20. The Morgan fingerprint density at radius 1 is 1.19 bits per heavy atom. The molecule has 1 atom stereocenters. The number of hydrogen-bond acceptors (Lipinski definition) is 7. The molecule has 1 saturated heterocycles. The van der Waals surface area contributed by atoms with E-state index in [-0.39, 0.29) is 12.0 Å². The van der Waals surface area contributed by atoms with Crippen LogP contribution in [0, 0.1) is 0 Å².